The van der Waals surface area contributed by atoms with E-state index in [1.807, 2.05) is 71.2 Å². The third-order valence-corrected chi connectivity index (χ3v) is 2.55. The van der Waals surface area contributed by atoms with Crippen LogP contribution in [0.2, 0.25) is 0 Å². The van der Waals surface area contributed by atoms with Crippen molar-refractivity contribution in [1.82, 2.24) is 38.2 Å². The van der Waals surface area contributed by atoms with Gasteiger partial charge in [-0.25, -0.2) is 19.9 Å². The fourth-order valence-corrected chi connectivity index (χ4v) is 1.30. The molecule has 0 spiro atoms. The van der Waals surface area contributed by atoms with Gasteiger partial charge in [0, 0.05) is 77.8 Å². The first-order valence-electron chi connectivity index (χ1n) is 9.00. The van der Waals surface area contributed by atoms with Crippen LogP contribution in [0.5, 0.6) is 0 Å². The van der Waals surface area contributed by atoms with E-state index in [0.717, 1.165) is 0 Å². The van der Waals surface area contributed by atoms with Crippen molar-refractivity contribution < 1.29 is 54.0 Å². The summed E-state index contributed by atoms with van der Waals surface area (Å²) in [5.74, 6) is 0. The van der Waals surface area contributed by atoms with E-state index in [1.54, 1.807) is 50.1 Å². The first-order chi connectivity index (χ1) is 15.6. The van der Waals surface area contributed by atoms with Crippen molar-refractivity contribution in [2.45, 2.75) is 0 Å². The molecule has 0 aliphatic carbocycles. The predicted molar refractivity (Wildman–Crippen MR) is 113 cm³/mol. The van der Waals surface area contributed by atoms with Gasteiger partial charge in [0.1, 0.15) is 0 Å². The summed E-state index contributed by atoms with van der Waals surface area (Å²) in [7, 11) is -4.25. The van der Waals surface area contributed by atoms with Gasteiger partial charge < -0.3 is 52.8 Å². The Morgan fingerprint density at radius 2 is 0.571 bits per heavy atom. The molecule has 192 valence electrons. The smallest absolute Gasteiger partial charge is 0.418 e. The molecule has 0 atom stereocenters. The average molecular weight is 567 g/mol. The number of hydrogen-bond donors (Lipinski definition) is 0. The van der Waals surface area contributed by atoms with Gasteiger partial charge in [0.25, 0.3) is 0 Å². The molecule has 0 N–H and O–H groups in total. The van der Waals surface area contributed by atoms with E-state index in [-0.39, 0.29) is 19.5 Å². The fourth-order valence-electron chi connectivity index (χ4n) is 1.30. The summed E-state index contributed by atoms with van der Waals surface area (Å²) in [5, 5.41) is 0. The van der Waals surface area contributed by atoms with Crippen molar-refractivity contribution >= 4 is 14.5 Å². The molecule has 35 heavy (non-hydrogen) atoms. The van der Waals surface area contributed by atoms with Crippen molar-refractivity contribution in [1.29, 1.82) is 0 Å². The molecule has 4 aromatic heterocycles. The molecule has 0 saturated heterocycles. The van der Waals surface area contributed by atoms with Crippen LogP contribution in [0.1, 0.15) is 0 Å². The Labute approximate surface area is 210 Å². The molecule has 0 saturated carbocycles. The molecule has 0 aromatic carbocycles. The first kappa shape index (κ1) is 36.6. The van der Waals surface area contributed by atoms with E-state index in [9.17, 15) is 34.5 Å². The van der Waals surface area contributed by atoms with Crippen molar-refractivity contribution in [3.8, 4) is 0 Å². The van der Waals surface area contributed by atoms with Crippen molar-refractivity contribution in [2.24, 2.45) is 28.2 Å². The van der Waals surface area contributed by atoms with Crippen LogP contribution in [0.3, 0.4) is 0 Å². The van der Waals surface area contributed by atoms with Gasteiger partial charge in [-0.2, -0.15) is 0 Å². The second-order valence-electron chi connectivity index (χ2n) is 5.90. The Hall–Kier alpha value is -2.97. The van der Waals surface area contributed by atoms with Crippen LogP contribution in [-0.2, 0) is 47.7 Å². The Bertz CT molecular complexity index is 748. The topological polar surface area (TPSA) is 71.3 Å². The average Bonchev–Trinajstić information content (AvgIpc) is 3.44. The summed E-state index contributed by atoms with van der Waals surface area (Å²) in [4.78, 5) is 15.1. The van der Waals surface area contributed by atoms with Gasteiger partial charge in [-0.05, 0) is 0 Å². The zero-order valence-corrected chi connectivity index (χ0v) is 22.4. The first-order valence-corrected chi connectivity index (χ1v) is 9.00. The Kier molecular flexibility index (Phi) is 21.3. The van der Waals surface area contributed by atoms with Gasteiger partial charge >= 0.3 is 34.0 Å². The summed E-state index contributed by atoms with van der Waals surface area (Å²) >= 11 is 0. The van der Waals surface area contributed by atoms with Crippen LogP contribution in [0, 0.1) is 0 Å². The fraction of sp³-hybridized carbons (Fsp3) is 0.250. The molecule has 0 amide bonds. The molecular weight excluding hydrogens is 543 g/mol. The van der Waals surface area contributed by atoms with Gasteiger partial charge in [0.15, 0.2) is 0 Å². The van der Waals surface area contributed by atoms with E-state index in [1.165, 1.54) is 0 Å². The van der Waals surface area contributed by atoms with Crippen LogP contribution in [0.15, 0.2) is 74.9 Å². The Morgan fingerprint density at radius 3 is 0.600 bits per heavy atom. The maximum Gasteiger partial charge on any atom is 2.00 e. The van der Waals surface area contributed by atoms with Crippen LogP contribution >= 0.6 is 0 Å². The molecule has 4 heterocycles. The number of aromatic nitrogens is 8. The van der Waals surface area contributed by atoms with Gasteiger partial charge in [-0.3, -0.25) is 0 Å². The summed E-state index contributed by atoms with van der Waals surface area (Å²) in [5.41, 5.74) is 0. The van der Waals surface area contributed by atoms with Crippen LogP contribution < -0.4 is 0 Å². The summed E-state index contributed by atoms with van der Waals surface area (Å²) in [6.45, 7) is 0. The Morgan fingerprint density at radius 1 is 0.429 bits per heavy atom. The van der Waals surface area contributed by atoms with Crippen molar-refractivity contribution in [3.63, 3.8) is 0 Å². The van der Waals surface area contributed by atoms with E-state index in [2.05, 4.69) is 19.9 Å². The molecular formula is C16H24B2F8N8Zn. The number of imidazole rings is 4. The van der Waals surface area contributed by atoms with Crippen LogP contribution in [0.4, 0.5) is 34.5 Å². The largest absolute Gasteiger partial charge is 2.00 e. The third-order valence-electron chi connectivity index (χ3n) is 2.55. The Balaban J connectivity index is -0.000000350. The van der Waals surface area contributed by atoms with E-state index >= 15 is 0 Å². The molecule has 8 nitrogen and oxygen atoms in total. The second kappa shape index (κ2) is 20.4. The number of nitrogens with zero attached hydrogens (tertiary/aromatic N) is 8. The van der Waals surface area contributed by atoms with E-state index < -0.39 is 14.5 Å². The molecule has 0 aliphatic heterocycles. The second-order valence-corrected chi connectivity index (χ2v) is 5.90. The third kappa shape index (κ3) is 41.7. The number of halogens is 8. The zero-order chi connectivity index (χ0) is 26.6. The minimum Gasteiger partial charge on any atom is -0.418 e. The van der Waals surface area contributed by atoms with Crippen LogP contribution in [-0.4, -0.2) is 52.7 Å². The normalized spacial score (nSPS) is 9.49. The molecule has 4 rings (SSSR count). The molecule has 0 radical (unpaired) electrons. The van der Waals surface area contributed by atoms with Crippen molar-refractivity contribution in [3.05, 3.63) is 74.9 Å². The molecule has 0 aliphatic rings. The van der Waals surface area contributed by atoms with E-state index in [4.69, 9.17) is 0 Å². The van der Waals surface area contributed by atoms with E-state index in [0.29, 0.717) is 0 Å². The zero-order valence-electron chi connectivity index (χ0n) is 19.4. The van der Waals surface area contributed by atoms with Gasteiger partial charge in [0.05, 0.1) is 25.3 Å². The standard InChI is InChI=1S/4C4H6N2.2BF4.Zn/c4*1-6-3-2-5-4-6;2*2-1(3,4)5;/h4*2-4H,1H3;;;/q;;;;2*-1;+2. The van der Waals surface area contributed by atoms with Gasteiger partial charge in [-0.15, -0.1) is 0 Å². The molecule has 0 bridgehead atoms. The van der Waals surface area contributed by atoms with Crippen molar-refractivity contribution in [2.75, 3.05) is 0 Å². The van der Waals surface area contributed by atoms with Crippen LogP contribution in [0.25, 0.3) is 0 Å². The minimum absolute atomic E-state index is 0. The molecule has 0 fully saturated rings. The molecule has 4 aromatic rings. The molecule has 19 heteroatoms. The van der Waals surface area contributed by atoms with Gasteiger partial charge in [-0.1, -0.05) is 0 Å². The quantitative estimate of drug-likeness (QED) is 0.235. The maximum absolute atomic E-state index is 9.75. The number of hydrogen-bond acceptors (Lipinski definition) is 4. The van der Waals surface area contributed by atoms with Gasteiger partial charge in [0.2, 0.25) is 0 Å². The predicted octanol–water partition coefficient (Wildman–Crippen LogP) is 4.28. The summed E-state index contributed by atoms with van der Waals surface area (Å²) in [6.07, 6.45) is 21.6. The monoisotopic (exact) mass is 566 g/mol. The summed E-state index contributed by atoms with van der Waals surface area (Å²) in [6, 6.07) is 0. The maximum atomic E-state index is 9.75. The number of aryl methyl sites for hydroxylation is 4. The SMILES string of the molecule is Cn1ccnc1.Cn1ccnc1.Cn1ccnc1.Cn1ccnc1.F[B-](F)(F)F.F[B-](F)(F)F.[Zn+2]. The minimum atomic E-state index is -6.00. The summed E-state index contributed by atoms with van der Waals surface area (Å²) < 4.78 is 85.6. The molecule has 0 unspecified atom stereocenters. The number of rotatable bonds is 0.